The number of carbonyl (C=O) groups excluding carboxylic acids is 1. The molecule has 6 heteroatoms. The van der Waals surface area contributed by atoms with Crippen LogP contribution in [0.5, 0.6) is 0 Å². The summed E-state index contributed by atoms with van der Waals surface area (Å²) in [4.78, 5) is 12.3. The monoisotopic (exact) mass is 304 g/mol. The van der Waals surface area contributed by atoms with Crippen molar-refractivity contribution in [3.8, 4) is 0 Å². The number of halogens is 2. The number of benzene rings is 1. The first kappa shape index (κ1) is 15.2. The fourth-order valence-corrected chi connectivity index (χ4v) is 2.33. The van der Waals surface area contributed by atoms with Crippen LogP contribution in [0.25, 0.3) is 0 Å². The molecule has 0 aliphatic heterocycles. The third kappa shape index (κ3) is 4.12. The van der Waals surface area contributed by atoms with Crippen LogP contribution in [0.1, 0.15) is 24.2 Å². The highest BCUT2D eigenvalue weighted by Gasteiger charge is 2.19. The van der Waals surface area contributed by atoms with Crippen LogP contribution in [0.2, 0.25) is 10.0 Å². The Morgan fingerprint density at radius 1 is 1.28 bits per heavy atom. The van der Waals surface area contributed by atoms with E-state index in [2.05, 4.69) is 5.32 Å². The van der Waals surface area contributed by atoms with Gasteiger partial charge in [-0.05, 0) is 24.1 Å². The van der Waals surface area contributed by atoms with Crippen LogP contribution in [0.15, 0.2) is 18.2 Å². The first-order chi connectivity index (χ1) is 8.31. The van der Waals surface area contributed by atoms with Gasteiger partial charge in [0, 0.05) is 15.6 Å². The molecule has 98 valence electrons. The number of nitrogens with two attached hydrogens (primary N) is 1. The van der Waals surface area contributed by atoms with Crippen molar-refractivity contribution in [3.63, 3.8) is 0 Å². The minimum Gasteiger partial charge on any atom is -0.392 e. The summed E-state index contributed by atoms with van der Waals surface area (Å²) in [6.45, 7) is 3.85. The summed E-state index contributed by atoms with van der Waals surface area (Å²) in [5, 5.41) is 3.58. The molecule has 1 atom stereocenters. The molecule has 1 rings (SSSR count). The lowest BCUT2D eigenvalue weighted by molar-refractivity contribution is 0.0940. The normalized spacial score (nSPS) is 12.3. The molecule has 1 amide bonds. The van der Waals surface area contributed by atoms with Gasteiger partial charge in [-0.15, -0.1) is 0 Å². The highest BCUT2D eigenvalue weighted by atomic mass is 35.5. The molecule has 18 heavy (non-hydrogen) atoms. The van der Waals surface area contributed by atoms with Crippen molar-refractivity contribution in [1.29, 1.82) is 0 Å². The maximum absolute atomic E-state index is 12.0. The smallest absolute Gasteiger partial charge is 0.251 e. The maximum atomic E-state index is 12.0. The minimum atomic E-state index is -0.356. The second-order valence-corrected chi connectivity index (χ2v) is 5.60. The van der Waals surface area contributed by atoms with Gasteiger partial charge in [-0.25, -0.2) is 0 Å². The van der Waals surface area contributed by atoms with Gasteiger partial charge in [0.25, 0.3) is 5.91 Å². The summed E-state index contributed by atoms with van der Waals surface area (Å²) >= 11 is 16.6. The lowest BCUT2D eigenvalue weighted by atomic mass is 10.0. The molecule has 0 saturated carbocycles. The highest BCUT2D eigenvalue weighted by molar-refractivity contribution is 7.80. The number of hydrogen-bond acceptors (Lipinski definition) is 2. The van der Waals surface area contributed by atoms with Crippen molar-refractivity contribution in [2.24, 2.45) is 11.7 Å². The number of rotatable bonds is 4. The molecule has 1 aromatic rings. The van der Waals surface area contributed by atoms with E-state index in [0.29, 0.717) is 15.6 Å². The Morgan fingerprint density at radius 3 is 2.17 bits per heavy atom. The van der Waals surface area contributed by atoms with Gasteiger partial charge in [0.05, 0.1) is 11.0 Å². The zero-order chi connectivity index (χ0) is 13.9. The Balaban J connectivity index is 2.90. The molecular formula is C12H14Cl2N2OS. The van der Waals surface area contributed by atoms with E-state index in [1.165, 1.54) is 0 Å². The van der Waals surface area contributed by atoms with Gasteiger partial charge in [-0.3, -0.25) is 4.79 Å². The summed E-state index contributed by atoms with van der Waals surface area (Å²) in [6.07, 6.45) is 0. The molecule has 0 spiro atoms. The second-order valence-electron chi connectivity index (χ2n) is 4.26. The van der Waals surface area contributed by atoms with Crippen LogP contribution in [-0.4, -0.2) is 16.9 Å². The number of carbonyl (C=O) groups is 1. The summed E-state index contributed by atoms with van der Waals surface area (Å²) < 4.78 is 0. The molecule has 1 aromatic carbocycles. The van der Waals surface area contributed by atoms with Crippen LogP contribution in [0.3, 0.4) is 0 Å². The van der Waals surface area contributed by atoms with E-state index in [4.69, 9.17) is 41.2 Å². The molecular weight excluding hydrogens is 291 g/mol. The molecule has 0 heterocycles. The Labute approximate surface area is 122 Å². The van der Waals surface area contributed by atoms with E-state index in [1.54, 1.807) is 18.2 Å². The van der Waals surface area contributed by atoms with E-state index in [-0.39, 0.29) is 22.9 Å². The lowest BCUT2D eigenvalue weighted by Crippen LogP contribution is -2.46. The number of amides is 1. The van der Waals surface area contributed by atoms with Crippen LogP contribution in [-0.2, 0) is 0 Å². The zero-order valence-electron chi connectivity index (χ0n) is 10.0. The fraction of sp³-hybridized carbons (Fsp3) is 0.333. The predicted molar refractivity (Wildman–Crippen MR) is 79.3 cm³/mol. The van der Waals surface area contributed by atoms with Gasteiger partial charge in [0.15, 0.2) is 0 Å². The van der Waals surface area contributed by atoms with Crippen molar-refractivity contribution >= 4 is 46.3 Å². The van der Waals surface area contributed by atoms with E-state index in [0.717, 1.165) is 0 Å². The standard InChI is InChI=1S/C12H14Cl2N2OS/c1-6(2)10(11(15)18)16-12(17)7-3-8(13)5-9(14)4-7/h3-6,10H,1-2H3,(H2,15,18)(H,16,17). The predicted octanol–water partition coefficient (Wildman–Crippen LogP) is 3.03. The first-order valence-corrected chi connectivity index (χ1v) is 6.54. The summed E-state index contributed by atoms with van der Waals surface area (Å²) in [6, 6.07) is 4.29. The van der Waals surface area contributed by atoms with E-state index in [1.807, 2.05) is 13.8 Å². The SMILES string of the molecule is CC(C)C(NC(=O)c1cc(Cl)cc(Cl)c1)C(N)=S. The highest BCUT2D eigenvalue weighted by Crippen LogP contribution is 2.19. The average molecular weight is 305 g/mol. The van der Waals surface area contributed by atoms with Crippen molar-refractivity contribution in [2.75, 3.05) is 0 Å². The average Bonchev–Trinajstić information content (AvgIpc) is 2.23. The Hall–Kier alpha value is -0.840. The van der Waals surface area contributed by atoms with Crippen molar-refractivity contribution in [3.05, 3.63) is 33.8 Å². The molecule has 0 fully saturated rings. The summed E-state index contributed by atoms with van der Waals surface area (Å²) in [5.74, 6) is -0.188. The topological polar surface area (TPSA) is 55.1 Å². The quantitative estimate of drug-likeness (QED) is 0.841. The molecule has 0 aromatic heterocycles. The zero-order valence-corrected chi connectivity index (χ0v) is 12.4. The van der Waals surface area contributed by atoms with Gasteiger partial charge in [-0.1, -0.05) is 49.3 Å². The van der Waals surface area contributed by atoms with Gasteiger partial charge >= 0.3 is 0 Å². The molecule has 0 radical (unpaired) electrons. The summed E-state index contributed by atoms with van der Waals surface area (Å²) in [7, 11) is 0. The molecule has 0 aliphatic rings. The molecule has 0 aliphatic carbocycles. The van der Waals surface area contributed by atoms with Crippen LogP contribution < -0.4 is 11.1 Å². The van der Waals surface area contributed by atoms with Crippen molar-refractivity contribution in [2.45, 2.75) is 19.9 Å². The Morgan fingerprint density at radius 2 is 1.78 bits per heavy atom. The Kier molecular flexibility index (Phi) is 5.38. The van der Waals surface area contributed by atoms with E-state index >= 15 is 0 Å². The fourth-order valence-electron chi connectivity index (χ4n) is 1.48. The van der Waals surface area contributed by atoms with Gasteiger partial charge in [-0.2, -0.15) is 0 Å². The minimum absolute atomic E-state index is 0.112. The van der Waals surface area contributed by atoms with E-state index in [9.17, 15) is 4.79 Å². The van der Waals surface area contributed by atoms with Gasteiger partial charge < -0.3 is 11.1 Å². The van der Waals surface area contributed by atoms with Crippen LogP contribution in [0, 0.1) is 5.92 Å². The van der Waals surface area contributed by atoms with Crippen LogP contribution in [0.4, 0.5) is 0 Å². The Bertz CT molecular complexity index is 457. The molecule has 0 bridgehead atoms. The van der Waals surface area contributed by atoms with Gasteiger partial charge in [0.2, 0.25) is 0 Å². The van der Waals surface area contributed by atoms with Gasteiger partial charge in [0.1, 0.15) is 0 Å². The maximum Gasteiger partial charge on any atom is 0.251 e. The molecule has 0 saturated heterocycles. The molecule has 3 N–H and O–H groups in total. The third-order valence-electron chi connectivity index (χ3n) is 2.38. The number of thiocarbonyl (C=S) groups is 1. The first-order valence-electron chi connectivity index (χ1n) is 5.37. The van der Waals surface area contributed by atoms with Crippen molar-refractivity contribution < 1.29 is 4.79 Å². The third-order valence-corrected chi connectivity index (χ3v) is 3.07. The number of hydrogen-bond donors (Lipinski definition) is 2. The van der Waals surface area contributed by atoms with Crippen LogP contribution >= 0.6 is 35.4 Å². The van der Waals surface area contributed by atoms with Crippen molar-refractivity contribution in [1.82, 2.24) is 5.32 Å². The number of nitrogens with one attached hydrogen (secondary N) is 1. The second kappa shape index (κ2) is 6.36. The molecule has 3 nitrogen and oxygen atoms in total. The van der Waals surface area contributed by atoms with E-state index < -0.39 is 0 Å². The largest absolute Gasteiger partial charge is 0.392 e. The lowest BCUT2D eigenvalue weighted by Gasteiger charge is -2.21. The molecule has 1 unspecified atom stereocenters. The summed E-state index contributed by atoms with van der Waals surface area (Å²) in [5.41, 5.74) is 5.97.